The summed E-state index contributed by atoms with van der Waals surface area (Å²) in [6, 6.07) is 16.0. The lowest BCUT2D eigenvalue weighted by Crippen LogP contribution is -2.60. The van der Waals surface area contributed by atoms with Crippen molar-refractivity contribution in [2.24, 2.45) is 0 Å². The maximum Gasteiger partial charge on any atom is 0.240 e. The number of fused-ring (bicyclic) bond motifs is 2. The predicted octanol–water partition coefficient (Wildman–Crippen LogP) is 3.86. The summed E-state index contributed by atoms with van der Waals surface area (Å²) in [5, 5.41) is 4.00. The third-order valence-electron chi connectivity index (χ3n) is 5.06. The molecule has 138 valence electrons. The number of piperazine rings is 1. The van der Waals surface area contributed by atoms with E-state index in [9.17, 15) is 4.79 Å². The molecular formula is C22H17BrN4O. The third-order valence-corrected chi connectivity index (χ3v) is 5.55. The van der Waals surface area contributed by atoms with Crippen molar-refractivity contribution in [1.82, 2.24) is 15.3 Å². The molecule has 1 aromatic heterocycles. The Labute approximate surface area is 170 Å². The Balaban J connectivity index is 1.70. The molecule has 2 heterocycles. The van der Waals surface area contributed by atoms with Crippen molar-refractivity contribution in [3.05, 3.63) is 77.3 Å². The number of halogens is 1. The maximum absolute atomic E-state index is 12.3. The molecule has 2 atom stereocenters. The molecule has 2 aromatic carbocycles. The normalized spacial score (nSPS) is 20.9. The molecule has 28 heavy (non-hydrogen) atoms. The maximum atomic E-state index is 12.3. The van der Waals surface area contributed by atoms with Gasteiger partial charge in [0.2, 0.25) is 11.9 Å². The smallest absolute Gasteiger partial charge is 0.240 e. The van der Waals surface area contributed by atoms with E-state index >= 15 is 0 Å². The number of nitrogens with zero attached hydrogens (tertiary/aromatic N) is 3. The molecule has 2 aliphatic rings. The van der Waals surface area contributed by atoms with Crippen LogP contribution >= 0.6 is 15.9 Å². The first kappa shape index (κ1) is 17.1. The largest absolute Gasteiger partial charge is 0.346 e. The fraction of sp³-hybridized carbons (Fsp3) is 0.136. The summed E-state index contributed by atoms with van der Waals surface area (Å²) in [5.41, 5.74) is 2.73. The SMILES string of the molecule is O=C1CN(c2nc(-c3ccccc3)c3cc(Br)ccc3n2)[C@@H]2C=CC=C[C@H]2N1. The van der Waals surface area contributed by atoms with E-state index in [1.165, 1.54) is 0 Å². The second-order valence-corrected chi connectivity index (χ2v) is 7.80. The topological polar surface area (TPSA) is 58.1 Å². The lowest BCUT2D eigenvalue weighted by molar-refractivity contribution is -0.121. The molecule has 1 amide bonds. The number of aromatic nitrogens is 2. The summed E-state index contributed by atoms with van der Waals surface area (Å²) >= 11 is 3.55. The van der Waals surface area contributed by atoms with E-state index in [-0.39, 0.29) is 24.5 Å². The number of rotatable bonds is 2. The number of amides is 1. The van der Waals surface area contributed by atoms with Gasteiger partial charge in [-0.15, -0.1) is 0 Å². The van der Waals surface area contributed by atoms with Gasteiger partial charge < -0.3 is 10.2 Å². The summed E-state index contributed by atoms with van der Waals surface area (Å²) in [6.07, 6.45) is 8.05. The lowest BCUT2D eigenvalue weighted by atomic mass is 9.99. The van der Waals surface area contributed by atoms with Crippen molar-refractivity contribution in [2.45, 2.75) is 12.1 Å². The summed E-state index contributed by atoms with van der Waals surface area (Å²) < 4.78 is 0.978. The Morgan fingerprint density at radius 2 is 1.86 bits per heavy atom. The first-order valence-corrected chi connectivity index (χ1v) is 9.92. The number of hydrogen-bond donors (Lipinski definition) is 1. The average Bonchev–Trinajstić information content (AvgIpc) is 2.73. The molecule has 6 heteroatoms. The van der Waals surface area contributed by atoms with Crippen LogP contribution in [0.3, 0.4) is 0 Å². The highest BCUT2D eigenvalue weighted by molar-refractivity contribution is 9.10. The van der Waals surface area contributed by atoms with E-state index in [4.69, 9.17) is 9.97 Å². The molecule has 0 spiro atoms. The molecule has 1 saturated heterocycles. The number of carbonyl (C=O) groups excluding carboxylic acids is 1. The average molecular weight is 433 g/mol. The molecule has 1 N–H and O–H groups in total. The molecule has 1 aliphatic heterocycles. The Morgan fingerprint density at radius 3 is 2.71 bits per heavy atom. The lowest BCUT2D eigenvalue weighted by Gasteiger charge is -2.39. The molecule has 0 bridgehead atoms. The van der Waals surface area contributed by atoms with E-state index in [1.807, 2.05) is 71.7 Å². The van der Waals surface area contributed by atoms with Gasteiger partial charge in [-0.2, -0.15) is 0 Å². The molecule has 0 unspecified atom stereocenters. The number of carbonyl (C=O) groups is 1. The molecule has 5 rings (SSSR count). The van der Waals surface area contributed by atoms with Crippen LogP contribution in [-0.4, -0.2) is 34.5 Å². The van der Waals surface area contributed by atoms with Crippen LogP contribution < -0.4 is 10.2 Å². The van der Waals surface area contributed by atoms with Crippen LogP contribution in [0.15, 0.2) is 77.3 Å². The monoisotopic (exact) mass is 432 g/mol. The highest BCUT2D eigenvalue weighted by Crippen LogP contribution is 2.31. The second kappa shape index (κ2) is 6.87. The van der Waals surface area contributed by atoms with Gasteiger partial charge in [-0.05, 0) is 18.2 Å². The summed E-state index contributed by atoms with van der Waals surface area (Å²) in [4.78, 5) is 24.0. The zero-order valence-electron chi connectivity index (χ0n) is 14.9. The van der Waals surface area contributed by atoms with Crippen molar-refractivity contribution in [3.8, 4) is 11.3 Å². The summed E-state index contributed by atoms with van der Waals surface area (Å²) in [5.74, 6) is 0.542. The van der Waals surface area contributed by atoms with Gasteiger partial charge in [-0.3, -0.25) is 4.79 Å². The fourth-order valence-electron chi connectivity index (χ4n) is 3.76. The quantitative estimate of drug-likeness (QED) is 0.667. The second-order valence-electron chi connectivity index (χ2n) is 6.88. The number of hydrogen-bond acceptors (Lipinski definition) is 4. The predicted molar refractivity (Wildman–Crippen MR) is 114 cm³/mol. The third kappa shape index (κ3) is 2.99. The fourth-order valence-corrected chi connectivity index (χ4v) is 4.12. The Bertz CT molecular complexity index is 1130. The summed E-state index contributed by atoms with van der Waals surface area (Å²) in [7, 11) is 0. The molecule has 0 saturated carbocycles. The Hall–Kier alpha value is -2.99. The van der Waals surface area contributed by atoms with Gasteiger partial charge in [0.05, 0.1) is 23.3 Å². The van der Waals surface area contributed by atoms with E-state index in [0.29, 0.717) is 5.95 Å². The minimum Gasteiger partial charge on any atom is -0.346 e. The molecule has 5 nitrogen and oxygen atoms in total. The van der Waals surface area contributed by atoms with Crippen LogP contribution in [0.2, 0.25) is 0 Å². The van der Waals surface area contributed by atoms with E-state index in [2.05, 4.69) is 27.3 Å². The van der Waals surface area contributed by atoms with E-state index in [0.717, 1.165) is 26.6 Å². The van der Waals surface area contributed by atoms with Gasteiger partial charge in [0.25, 0.3) is 0 Å². The van der Waals surface area contributed by atoms with Gasteiger partial charge in [-0.25, -0.2) is 9.97 Å². The molecule has 1 aliphatic carbocycles. The van der Waals surface area contributed by atoms with Crippen LogP contribution in [-0.2, 0) is 4.79 Å². The highest BCUT2D eigenvalue weighted by Gasteiger charge is 2.34. The Kier molecular flexibility index (Phi) is 4.20. The van der Waals surface area contributed by atoms with E-state index < -0.39 is 0 Å². The van der Waals surface area contributed by atoms with E-state index in [1.54, 1.807) is 0 Å². The molecule has 0 radical (unpaired) electrons. The minimum absolute atomic E-state index is 0.000721. The van der Waals surface area contributed by atoms with Crippen molar-refractivity contribution in [1.29, 1.82) is 0 Å². The first-order valence-electron chi connectivity index (χ1n) is 9.13. The molecule has 3 aromatic rings. The van der Waals surface area contributed by atoms with Gasteiger partial charge in [0.15, 0.2) is 0 Å². The van der Waals surface area contributed by atoms with Crippen molar-refractivity contribution in [3.63, 3.8) is 0 Å². The zero-order chi connectivity index (χ0) is 19.1. The Morgan fingerprint density at radius 1 is 1.04 bits per heavy atom. The molecule has 1 fully saturated rings. The van der Waals surface area contributed by atoms with Crippen LogP contribution in [0.25, 0.3) is 22.2 Å². The number of anilines is 1. The van der Waals surface area contributed by atoms with Gasteiger partial charge in [0.1, 0.15) is 6.54 Å². The van der Waals surface area contributed by atoms with Crippen molar-refractivity contribution < 1.29 is 4.79 Å². The van der Waals surface area contributed by atoms with Crippen LogP contribution in [0.5, 0.6) is 0 Å². The van der Waals surface area contributed by atoms with Gasteiger partial charge >= 0.3 is 0 Å². The number of allylic oxidation sites excluding steroid dienone is 2. The molecular weight excluding hydrogens is 416 g/mol. The zero-order valence-corrected chi connectivity index (χ0v) is 16.5. The number of nitrogens with one attached hydrogen (secondary N) is 1. The standard InChI is InChI=1S/C22H17BrN4O/c23-15-10-11-17-16(12-15)21(14-6-2-1-3-7-14)26-22(25-17)27-13-20(28)24-18-8-4-5-9-19(18)27/h1-12,18-19H,13H2,(H,24,28)/t18-,19-/m1/s1. The van der Waals surface area contributed by atoms with Crippen molar-refractivity contribution >= 4 is 38.7 Å². The first-order chi connectivity index (χ1) is 13.7. The van der Waals surface area contributed by atoms with Crippen molar-refractivity contribution in [2.75, 3.05) is 11.4 Å². The minimum atomic E-state index is -0.0735. The van der Waals surface area contributed by atoms with Crippen LogP contribution in [0.1, 0.15) is 0 Å². The van der Waals surface area contributed by atoms with Crippen LogP contribution in [0.4, 0.5) is 5.95 Å². The number of benzene rings is 2. The van der Waals surface area contributed by atoms with Gasteiger partial charge in [0, 0.05) is 15.4 Å². The summed E-state index contributed by atoms with van der Waals surface area (Å²) in [6.45, 7) is 0.232. The van der Waals surface area contributed by atoms with Crippen LogP contribution in [0, 0.1) is 0 Å². The van der Waals surface area contributed by atoms with Gasteiger partial charge in [-0.1, -0.05) is 70.6 Å². The highest BCUT2D eigenvalue weighted by atomic mass is 79.9.